The van der Waals surface area contributed by atoms with Crippen LogP contribution < -0.4 is 0 Å². The smallest absolute Gasteiger partial charge is 0.333 e. The second-order valence-corrected chi connectivity index (χ2v) is 17.9. The number of fused-ring (bicyclic) bond motifs is 5. The van der Waals surface area contributed by atoms with Crippen molar-refractivity contribution in [3.8, 4) is 0 Å². The summed E-state index contributed by atoms with van der Waals surface area (Å²) in [4.78, 5) is 41.9. The number of nitrogens with zero attached hydrogens (tertiary/aromatic N) is 1. The van der Waals surface area contributed by atoms with E-state index in [9.17, 15) is 34.8 Å². The first-order chi connectivity index (χ1) is 23.8. The Hall–Kier alpha value is -2.09. The van der Waals surface area contributed by atoms with Crippen LogP contribution in [0.15, 0.2) is 11.6 Å². The van der Waals surface area contributed by atoms with E-state index in [-0.39, 0.29) is 18.9 Å². The second kappa shape index (κ2) is 12.2. The molecule has 7 fully saturated rings. The summed E-state index contributed by atoms with van der Waals surface area (Å²) in [6.45, 7) is 15.5. The molecular weight excluding hydrogens is 658 g/mol. The highest BCUT2D eigenvalue weighted by Crippen LogP contribution is 2.77. The lowest BCUT2D eigenvalue weighted by Gasteiger charge is -2.64. The van der Waals surface area contributed by atoms with Crippen molar-refractivity contribution < 1.29 is 53.8 Å². The van der Waals surface area contributed by atoms with Gasteiger partial charge in [-0.05, 0) is 83.5 Å². The largest absolute Gasteiger partial charge is 0.462 e. The minimum absolute atomic E-state index is 0.102. The maximum atomic E-state index is 13.7. The van der Waals surface area contributed by atoms with Crippen LogP contribution in [0.5, 0.6) is 0 Å². The van der Waals surface area contributed by atoms with Crippen LogP contribution in [0.4, 0.5) is 0 Å². The van der Waals surface area contributed by atoms with Gasteiger partial charge in [-0.1, -0.05) is 33.8 Å². The normalized spacial score (nSPS) is 52.1. The number of ether oxygens (including phenoxy) is 4. The van der Waals surface area contributed by atoms with Gasteiger partial charge in [0.15, 0.2) is 12.2 Å². The average Bonchev–Trinajstić information content (AvgIpc) is 3.33. The van der Waals surface area contributed by atoms with E-state index in [4.69, 9.17) is 18.9 Å². The fourth-order valence-corrected chi connectivity index (χ4v) is 12.7. The highest BCUT2D eigenvalue weighted by Gasteiger charge is 2.87. The van der Waals surface area contributed by atoms with Crippen LogP contribution in [-0.2, 0) is 33.3 Å². The van der Waals surface area contributed by atoms with Crippen LogP contribution in [0.1, 0.15) is 100 Å². The van der Waals surface area contributed by atoms with Gasteiger partial charge in [0, 0.05) is 48.9 Å². The number of allylic oxidation sites excluding steroid dienone is 1. The molecule has 12 nitrogen and oxygen atoms in total. The average molecular weight is 718 g/mol. The molecule has 3 heterocycles. The van der Waals surface area contributed by atoms with E-state index in [2.05, 4.69) is 11.8 Å². The number of carbonyl (C=O) groups excluding carboxylic acids is 3. The van der Waals surface area contributed by atoms with Crippen LogP contribution in [-0.4, -0.2) is 109 Å². The monoisotopic (exact) mass is 717 g/mol. The van der Waals surface area contributed by atoms with Gasteiger partial charge < -0.3 is 39.4 Å². The predicted octanol–water partition coefficient (Wildman–Crippen LogP) is 2.87. The first-order valence-corrected chi connectivity index (χ1v) is 19.3. The van der Waals surface area contributed by atoms with Gasteiger partial charge in [0.25, 0.3) is 0 Å². The first kappa shape index (κ1) is 37.2. The van der Waals surface area contributed by atoms with Gasteiger partial charge in [-0.25, -0.2) is 4.79 Å². The SMILES string of the molecule is CC=C(C)C(=O)O[C@H]1CC[C@@]2(C)[C@@H]3C[C@@H](OC(C)=O)[C@@H]4[C@@]5(O)[C@@H](C[C@@]42O[C@]13O)[C@H]1CN2C[C@@H](C)CC[C@H]2[C@@](C)(O)[C@H]1[C@@H](O)[C@@H]5OC(=O)[C@H](C)CC. The van der Waals surface area contributed by atoms with E-state index < -0.39 is 106 Å². The highest BCUT2D eigenvalue weighted by molar-refractivity contribution is 5.87. The van der Waals surface area contributed by atoms with E-state index in [0.717, 1.165) is 19.4 Å². The number of piperidine rings is 2. The van der Waals surface area contributed by atoms with E-state index in [1.54, 1.807) is 33.8 Å². The molecule has 0 aromatic heterocycles. The number of aliphatic hydroxyl groups is 4. The summed E-state index contributed by atoms with van der Waals surface area (Å²) in [6.07, 6.45) is -0.00676. The van der Waals surface area contributed by atoms with E-state index in [0.29, 0.717) is 37.3 Å². The Morgan fingerprint density at radius 3 is 2.39 bits per heavy atom. The Labute approximate surface area is 301 Å². The molecule has 7 aliphatic rings. The third kappa shape index (κ3) is 4.94. The van der Waals surface area contributed by atoms with Crippen molar-refractivity contribution in [3.63, 3.8) is 0 Å². The van der Waals surface area contributed by atoms with Crippen molar-refractivity contribution in [2.75, 3.05) is 13.1 Å². The Morgan fingerprint density at radius 2 is 1.75 bits per heavy atom. The number of hydrogen-bond donors (Lipinski definition) is 4. The van der Waals surface area contributed by atoms with Crippen LogP contribution >= 0.6 is 0 Å². The summed E-state index contributed by atoms with van der Waals surface area (Å²) in [5.74, 6) is -7.33. The zero-order valence-electron chi connectivity index (χ0n) is 31.5. The van der Waals surface area contributed by atoms with Crippen molar-refractivity contribution in [2.24, 2.45) is 46.8 Å². The van der Waals surface area contributed by atoms with Gasteiger partial charge in [-0.2, -0.15) is 0 Å². The molecule has 17 atom stereocenters. The second-order valence-electron chi connectivity index (χ2n) is 17.9. The van der Waals surface area contributed by atoms with E-state index in [1.165, 1.54) is 6.92 Å². The molecule has 286 valence electrons. The lowest BCUT2D eigenvalue weighted by molar-refractivity contribution is -0.300. The Balaban J connectivity index is 1.40. The zero-order valence-corrected chi connectivity index (χ0v) is 31.5. The van der Waals surface area contributed by atoms with Gasteiger partial charge >= 0.3 is 17.9 Å². The molecule has 3 saturated heterocycles. The maximum absolute atomic E-state index is 13.7. The first-order valence-electron chi connectivity index (χ1n) is 19.3. The minimum atomic E-state index is -1.97. The van der Waals surface area contributed by atoms with Crippen molar-refractivity contribution in [1.82, 2.24) is 4.90 Å². The fraction of sp³-hybridized carbons (Fsp3) is 0.872. The summed E-state index contributed by atoms with van der Waals surface area (Å²) >= 11 is 0. The summed E-state index contributed by atoms with van der Waals surface area (Å²) < 4.78 is 25.3. The summed E-state index contributed by atoms with van der Waals surface area (Å²) in [6, 6.07) is -0.224. The van der Waals surface area contributed by atoms with Crippen LogP contribution in [0.25, 0.3) is 0 Å². The lowest BCUT2D eigenvalue weighted by atomic mass is 9.49. The highest BCUT2D eigenvalue weighted by atomic mass is 16.7. The molecule has 4 saturated carbocycles. The minimum Gasteiger partial charge on any atom is -0.462 e. The molecule has 3 aliphatic heterocycles. The van der Waals surface area contributed by atoms with E-state index in [1.807, 2.05) is 13.8 Å². The maximum Gasteiger partial charge on any atom is 0.333 e. The zero-order chi connectivity index (χ0) is 37.2. The number of hydrogen-bond acceptors (Lipinski definition) is 12. The molecule has 0 unspecified atom stereocenters. The Bertz CT molecular complexity index is 1480. The molecule has 0 aromatic rings. The molecule has 0 radical (unpaired) electrons. The molecule has 0 amide bonds. The third-order valence-electron chi connectivity index (χ3n) is 15.3. The molecule has 4 N–H and O–H groups in total. The third-order valence-corrected chi connectivity index (χ3v) is 15.3. The predicted molar refractivity (Wildman–Crippen MR) is 182 cm³/mol. The summed E-state index contributed by atoms with van der Waals surface area (Å²) in [7, 11) is 0. The van der Waals surface area contributed by atoms with Crippen molar-refractivity contribution in [3.05, 3.63) is 11.6 Å². The molecule has 1 spiro atoms. The molecule has 51 heavy (non-hydrogen) atoms. The molecular formula is C39H59NO11. The Morgan fingerprint density at radius 1 is 1.04 bits per heavy atom. The van der Waals surface area contributed by atoms with Crippen LogP contribution in [0.3, 0.4) is 0 Å². The number of esters is 3. The molecule has 12 heteroatoms. The lowest BCUT2D eigenvalue weighted by Crippen LogP contribution is -2.77. The summed E-state index contributed by atoms with van der Waals surface area (Å²) in [5.41, 5.74) is -5.06. The Kier molecular flexibility index (Phi) is 8.92. The molecule has 4 bridgehead atoms. The van der Waals surface area contributed by atoms with E-state index >= 15 is 0 Å². The van der Waals surface area contributed by atoms with Gasteiger partial charge in [-0.3, -0.25) is 14.5 Å². The molecule has 4 aliphatic carbocycles. The topological polar surface area (TPSA) is 172 Å². The quantitative estimate of drug-likeness (QED) is 0.180. The van der Waals surface area contributed by atoms with Gasteiger partial charge in [-0.15, -0.1) is 0 Å². The number of carbonyl (C=O) groups is 3. The van der Waals surface area contributed by atoms with Crippen LogP contribution in [0, 0.1) is 46.8 Å². The van der Waals surface area contributed by atoms with Crippen LogP contribution in [0.2, 0.25) is 0 Å². The number of rotatable bonds is 6. The fourth-order valence-electron chi connectivity index (χ4n) is 12.7. The molecule has 0 aromatic carbocycles. The standard InChI is InChI=1S/C39H59NO11/c1-9-20(4)33(43)49-28-13-14-35(7)26-15-25(48-22(6)41)31-37(35,51-39(26,28)47)16-24-23-18-40-17-19(3)11-12-27(40)36(8,45)29(23)30(42)32(38(24,31)46)50-34(44)21(5)10-2/h9,19,21,23-32,42,45-47H,10-18H2,1-8H3/t19-,21+,23+,24-,25+,26-,27-,28-,29+,30+,31-,32-,35-,36+,37+,38-,39-/m0/s1. The number of aliphatic hydroxyl groups excluding tert-OH is 1. The van der Waals surface area contributed by atoms with Gasteiger partial charge in [0.05, 0.1) is 29.1 Å². The summed E-state index contributed by atoms with van der Waals surface area (Å²) in [5, 5.41) is 51.3. The van der Waals surface area contributed by atoms with Gasteiger partial charge in [0.1, 0.15) is 11.7 Å². The molecule has 7 rings (SSSR count). The van der Waals surface area contributed by atoms with Gasteiger partial charge in [0.2, 0.25) is 5.79 Å². The van der Waals surface area contributed by atoms with Crippen molar-refractivity contribution >= 4 is 17.9 Å². The van der Waals surface area contributed by atoms with Crippen molar-refractivity contribution in [1.29, 1.82) is 0 Å². The van der Waals surface area contributed by atoms with Crippen molar-refractivity contribution in [2.45, 2.75) is 153 Å².